The summed E-state index contributed by atoms with van der Waals surface area (Å²) in [5, 5.41) is 0. The van der Waals surface area contributed by atoms with Gasteiger partial charge in [0.05, 0.1) is 26.3 Å². The molecule has 0 radical (unpaired) electrons. The van der Waals surface area contributed by atoms with Crippen LogP contribution in [0, 0.1) is 0 Å². The van der Waals surface area contributed by atoms with Crippen molar-refractivity contribution in [3.63, 3.8) is 0 Å². The molecule has 0 aromatic heterocycles. The highest BCUT2D eigenvalue weighted by molar-refractivity contribution is 5.83. The fraction of sp³-hybridized carbons (Fsp3) is 0.593. The molecule has 1 spiro atoms. The van der Waals surface area contributed by atoms with E-state index in [1.807, 2.05) is 11.0 Å². The molecule has 2 fully saturated rings. The maximum Gasteiger partial charge on any atom is 0.325 e. The van der Waals surface area contributed by atoms with E-state index in [2.05, 4.69) is 60.0 Å². The zero-order chi connectivity index (χ0) is 24.0. The minimum Gasteiger partial charge on any atom is -0.497 e. The van der Waals surface area contributed by atoms with Crippen LogP contribution >= 0.6 is 0 Å². The first-order chi connectivity index (χ1) is 16.4. The van der Waals surface area contributed by atoms with Crippen LogP contribution in [0.2, 0.25) is 0 Å². The number of piperidine rings is 1. The molecule has 0 saturated carbocycles. The summed E-state index contributed by atoms with van der Waals surface area (Å²) in [7, 11) is 5.55. The molecule has 4 heterocycles. The zero-order valence-electron chi connectivity index (χ0n) is 21.2. The molecule has 2 amide bonds. The van der Waals surface area contributed by atoms with Gasteiger partial charge in [-0.25, -0.2) is 4.79 Å². The van der Waals surface area contributed by atoms with Crippen molar-refractivity contribution in [1.82, 2.24) is 19.6 Å². The third kappa shape index (κ3) is 3.56. The van der Waals surface area contributed by atoms with Gasteiger partial charge in [0.25, 0.3) is 0 Å². The Morgan fingerprint density at radius 3 is 2.53 bits per heavy atom. The number of rotatable bonds is 5. The van der Waals surface area contributed by atoms with E-state index in [0.29, 0.717) is 12.6 Å². The summed E-state index contributed by atoms with van der Waals surface area (Å²) in [5.74, 6) is 1.74. The van der Waals surface area contributed by atoms with Crippen molar-refractivity contribution in [2.45, 2.75) is 57.2 Å². The van der Waals surface area contributed by atoms with Crippen LogP contribution in [0.3, 0.4) is 0 Å². The summed E-state index contributed by atoms with van der Waals surface area (Å²) < 4.78 is 11.3. The molecule has 184 valence electrons. The van der Waals surface area contributed by atoms with Gasteiger partial charge >= 0.3 is 6.03 Å². The number of benzene rings is 1. The second kappa shape index (κ2) is 8.84. The molecule has 5 rings (SSSR count). The second-order valence-corrected chi connectivity index (χ2v) is 10.1. The normalized spacial score (nSPS) is 26.0. The number of carbonyl (C=O) groups is 1. The quantitative estimate of drug-likeness (QED) is 0.656. The van der Waals surface area contributed by atoms with Crippen LogP contribution in [0.5, 0.6) is 11.5 Å². The molecule has 4 aliphatic heterocycles. The van der Waals surface area contributed by atoms with Gasteiger partial charge < -0.3 is 24.2 Å². The smallest absolute Gasteiger partial charge is 0.325 e. The van der Waals surface area contributed by atoms with Gasteiger partial charge in [-0.1, -0.05) is 19.1 Å². The van der Waals surface area contributed by atoms with Crippen LogP contribution in [0.25, 0.3) is 0 Å². The van der Waals surface area contributed by atoms with Crippen molar-refractivity contribution < 1.29 is 14.3 Å². The second-order valence-electron chi connectivity index (χ2n) is 10.1. The Balaban J connectivity index is 1.45. The summed E-state index contributed by atoms with van der Waals surface area (Å²) in [6, 6.07) is 4.71. The maximum atomic E-state index is 13.7. The van der Waals surface area contributed by atoms with E-state index in [1.165, 1.54) is 5.70 Å². The van der Waals surface area contributed by atoms with E-state index >= 15 is 0 Å². The molecule has 1 aromatic rings. The molecule has 0 N–H and O–H groups in total. The number of amides is 2. The largest absolute Gasteiger partial charge is 0.497 e. The van der Waals surface area contributed by atoms with Gasteiger partial charge in [-0.15, -0.1) is 0 Å². The number of likely N-dealkylation sites (N-methyl/N-ethyl adjacent to an activating group) is 2. The number of hydrogen-bond acceptors (Lipinski definition) is 5. The maximum absolute atomic E-state index is 13.7. The first-order valence-corrected chi connectivity index (χ1v) is 12.6. The Hall–Kier alpha value is -2.67. The zero-order valence-corrected chi connectivity index (χ0v) is 21.2. The van der Waals surface area contributed by atoms with Crippen LogP contribution in [-0.4, -0.2) is 84.7 Å². The number of urea groups is 1. The molecule has 34 heavy (non-hydrogen) atoms. The lowest BCUT2D eigenvalue weighted by Crippen LogP contribution is -2.55. The van der Waals surface area contributed by atoms with Crippen molar-refractivity contribution >= 4 is 6.03 Å². The first kappa shape index (κ1) is 23.1. The summed E-state index contributed by atoms with van der Waals surface area (Å²) in [5.41, 5.74) is 3.22. The topological polar surface area (TPSA) is 48.5 Å². The Morgan fingerprint density at radius 1 is 1.15 bits per heavy atom. The first-order valence-electron chi connectivity index (χ1n) is 12.6. The highest BCUT2D eigenvalue weighted by atomic mass is 16.5. The number of methoxy groups -OCH3 is 2. The number of ether oxygens (including phenoxy) is 2. The lowest BCUT2D eigenvalue weighted by atomic mass is 9.82. The minimum atomic E-state index is -0.226. The van der Waals surface area contributed by atoms with E-state index in [4.69, 9.17) is 9.47 Å². The fourth-order valence-corrected chi connectivity index (χ4v) is 6.54. The molecule has 7 nitrogen and oxygen atoms in total. The Bertz CT molecular complexity index is 1010. The number of likely N-dealkylation sites (tertiary alicyclic amines) is 1. The summed E-state index contributed by atoms with van der Waals surface area (Å²) in [6.07, 6.45) is 9.86. The number of carbonyl (C=O) groups excluding carboxylic acids is 1. The Morgan fingerprint density at radius 2 is 1.91 bits per heavy atom. The van der Waals surface area contributed by atoms with Gasteiger partial charge in [-0.05, 0) is 44.0 Å². The third-order valence-electron chi connectivity index (χ3n) is 8.39. The number of nitrogens with zero attached hydrogens (tertiary/aromatic N) is 4. The standard InChI is InChI=1S/C27H38N4O3/c1-6-31-26(32)30-17-20-15-22(33-4)16-23(34-5)25(20)19(2)14-24(30)27(31)9-12-29(13-10-27)18-21-8-7-11-28(21)3/h7,11,14-16,19,21H,6,8-10,12-13,17-18H2,1-5H3/t19-,21?/m0/s1. The van der Waals surface area contributed by atoms with Gasteiger partial charge in [0.15, 0.2) is 0 Å². The van der Waals surface area contributed by atoms with Crippen LogP contribution in [0.1, 0.15) is 50.2 Å². The highest BCUT2D eigenvalue weighted by Crippen LogP contribution is 2.49. The summed E-state index contributed by atoms with van der Waals surface area (Å²) in [4.78, 5) is 22.8. The average Bonchev–Trinajstić information content (AvgIpc) is 3.27. The van der Waals surface area contributed by atoms with E-state index in [9.17, 15) is 4.79 Å². The lowest BCUT2D eigenvalue weighted by molar-refractivity contribution is 0.0815. The van der Waals surface area contributed by atoms with Crippen LogP contribution in [0.4, 0.5) is 4.79 Å². The molecule has 0 bridgehead atoms. The Labute approximate surface area is 203 Å². The van der Waals surface area contributed by atoms with Crippen molar-refractivity contribution in [3.05, 3.63) is 47.3 Å². The van der Waals surface area contributed by atoms with Gasteiger partial charge in [-0.2, -0.15) is 0 Å². The highest BCUT2D eigenvalue weighted by Gasteiger charge is 2.54. The van der Waals surface area contributed by atoms with Gasteiger partial charge in [0.2, 0.25) is 0 Å². The van der Waals surface area contributed by atoms with Crippen LogP contribution in [0.15, 0.2) is 36.2 Å². The number of fused-ring (bicyclic) bond motifs is 3. The molecule has 4 aliphatic rings. The van der Waals surface area contributed by atoms with Gasteiger partial charge in [0.1, 0.15) is 11.5 Å². The van der Waals surface area contributed by atoms with E-state index < -0.39 is 0 Å². The van der Waals surface area contributed by atoms with E-state index in [1.54, 1.807) is 14.2 Å². The van der Waals surface area contributed by atoms with Crippen LogP contribution < -0.4 is 9.47 Å². The van der Waals surface area contributed by atoms with Crippen LogP contribution in [-0.2, 0) is 6.54 Å². The van der Waals surface area contributed by atoms with Crippen molar-refractivity contribution in [2.24, 2.45) is 0 Å². The van der Waals surface area contributed by atoms with E-state index in [0.717, 1.165) is 68.1 Å². The Kier molecular flexibility index (Phi) is 6.00. The number of hydrogen-bond donors (Lipinski definition) is 0. The minimum absolute atomic E-state index is 0.128. The monoisotopic (exact) mass is 466 g/mol. The van der Waals surface area contributed by atoms with Crippen molar-refractivity contribution in [2.75, 3.05) is 47.4 Å². The van der Waals surface area contributed by atoms with Gasteiger partial charge in [-0.3, -0.25) is 4.90 Å². The molecule has 2 saturated heterocycles. The molecule has 7 heteroatoms. The molecule has 1 aromatic carbocycles. The molecule has 2 atom stereocenters. The fourth-order valence-electron chi connectivity index (χ4n) is 6.54. The molecule has 1 unspecified atom stereocenters. The van der Waals surface area contributed by atoms with Crippen molar-refractivity contribution in [3.8, 4) is 11.5 Å². The van der Waals surface area contributed by atoms with Gasteiger partial charge in [0, 0.05) is 62.5 Å². The average molecular weight is 467 g/mol. The van der Waals surface area contributed by atoms with Crippen molar-refractivity contribution in [1.29, 1.82) is 0 Å². The molecular formula is C27H38N4O3. The third-order valence-corrected chi connectivity index (χ3v) is 8.39. The summed E-state index contributed by atoms with van der Waals surface area (Å²) >= 11 is 0. The lowest BCUT2D eigenvalue weighted by Gasteiger charge is -2.45. The summed E-state index contributed by atoms with van der Waals surface area (Å²) in [6.45, 7) is 8.72. The molecule has 0 aliphatic carbocycles. The SMILES string of the molecule is CCN1C(=O)N2Cc3cc(OC)cc(OC)c3[C@@H](C)C=C2C12CCN(CC1CC=CN1C)CC2. The van der Waals surface area contributed by atoms with E-state index in [-0.39, 0.29) is 17.5 Å². The molecular weight excluding hydrogens is 428 g/mol. The number of allylic oxidation sites excluding steroid dienone is 1. The predicted molar refractivity (Wildman–Crippen MR) is 133 cm³/mol. The predicted octanol–water partition coefficient (Wildman–Crippen LogP) is 4.01.